The van der Waals surface area contributed by atoms with Crippen LogP contribution in [0.25, 0.3) is 33.1 Å². The minimum absolute atomic E-state index is 0.664. The van der Waals surface area contributed by atoms with Crippen molar-refractivity contribution in [2.45, 2.75) is 67.1 Å². The van der Waals surface area contributed by atoms with Gasteiger partial charge in [-0.3, -0.25) is 10.4 Å². The second-order valence-electron chi connectivity index (χ2n) is 21.8. The van der Waals surface area contributed by atoms with Crippen molar-refractivity contribution in [3.8, 4) is 34.5 Å². The zero-order valence-corrected chi connectivity index (χ0v) is 55.4. The highest BCUT2D eigenvalue weighted by atomic mass is 16.5. The molecule has 5 aromatic carbocycles. The van der Waals surface area contributed by atoms with E-state index in [4.69, 9.17) is 33.5 Å². The number of nitrogens with one attached hydrogen (secondary N) is 3. The minimum atomic E-state index is 0.664. The van der Waals surface area contributed by atoms with Crippen molar-refractivity contribution in [1.82, 2.24) is 48.6 Å². The number of benzene rings is 5. The lowest BCUT2D eigenvalue weighted by atomic mass is 10.1. The predicted octanol–water partition coefficient (Wildman–Crippen LogP) is 12.8. The van der Waals surface area contributed by atoms with Gasteiger partial charge in [-0.1, -0.05) is 84.9 Å². The Labute approximate surface area is 548 Å². The summed E-state index contributed by atoms with van der Waals surface area (Å²) in [7, 11) is 10.9. The van der Waals surface area contributed by atoms with Gasteiger partial charge >= 0.3 is 0 Å². The number of hydrogen-bond donors (Lipinski definition) is 4. The summed E-state index contributed by atoms with van der Waals surface area (Å²) in [6, 6.07) is 46.4. The van der Waals surface area contributed by atoms with E-state index in [0.29, 0.717) is 24.6 Å². The number of nitrogens with zero attached hydrogens (tertiary/aromatic N) is 11. The van der Waals surface area contributed by atoms with Crippen LogP contribution in [0.5, 0.6) is 34.5 Å². The van der Waals surface area contributed by atoms with Crippen molar-refractivity contribution in [3.63, 3.8) is 0 Å². The molecule has 0 aliphatic rings. The standard InChI is InChI=1S/C26H30N4O4.C24H27N5O2.C22H21N5.CH4O/c1-17-12-20-25(27-11-10-18-6-8-21(31-2)23(13-18)33-4)28-16-29-26(20)30(17)15-19-7-9-22(32-3)24(14-19)34-5;1-16-17(2)29(14-19-7-5-6-11-25-19)24-22(16)23(27-15-28-24)26-12-10-18-8-9-20(30-3)21(13-18)31-4;1-16-17(2)27(14-19-11-7-4-8-12-19)22-20(16)21(23-15-24-22)26-25-13-18-9-5-3-6-10-18;1-2/h6-9,12-14,16H,10-11,15H2,1-5H3,(H,27,28,29);5-9,11,13,15H,10,12,14H2,1-4H3,(H,26,27,28);3-13,15H,14H2,1-2H3,(H,23,24,26);2H,1H3/b;;25-13+;. The van der Waals surface area contributed by atoms with Crippen molar-refractivity contribution in [3.05, 3.63) is 226 Å². The fourth-order valence-electron chi connectivity index (χ4n) is 11.1. The number of aliphatic hydroxyl groups excluding tert-OH is 1. The largest absolute Gasteiger partial charge is 0.493 e. The van der Waals surface area contributed by atoms with E-state index >= 15 is 0 Å². The molecule has 12 rings (SSSR count). The molecule has 12 aromatic rings. The van der Waals surface area contributed by atoms with Gasteiger partial charge in [0.25, 0.3) is 0 Å². The number of rotatable bonds is 23. The van der Waals surface area contributed by atoms with E-state index in [2.05, 4.69) is 141 Å². The number of anilines is 3. The van der Waals surface area contributed by atoms with Crippen molar-refractivity contribution in [2.75, 3.05) is 78.9 Å². The van der Waals surface area contributed by atoms with Crippen molar-refractivity contribution < 1.29 is 33.5 Å². The molecule has 0 aliphatic carbocycles. The summed E-state index contributed by atoms with van der Waals surface area (Å²) in [5.74, 6) is 6.74. The van der Waals surface area contributed by atoms with Crippen LogP contribution in [-0.4, -0.2) is 123 Å². The molecule has 0 aliphatic heterocycles. The van der Waals surface area contributed by atoms with Crippen LogP contribution in [0.4, 0.5) is 17.5 Å². The molecule has 21 nitrogen and oxygen atoms in total. The van der Waals surface area contributed by atoms with Crippen LogP contribution in [0.15, 0.2) is 170 Å². The monoisotopic (exact) mass is 1270 g/mol. The number of aliphatic hydroxyl groups is 1. The zero-order chi connectivity index (χ0) is 66.5. The van der Waals surface area contributed by atoms with Gasteiger partial charge in [-0.2, -0.15) is 5.10 Å². The van der Waals surface area contributed by atoms with E-state index < -0.39 is 0 Å². The summed E-state index contributed by atoms with van der Waals surface area (Å²) in [4.78, 5) is 31.6. The molecule has 94 heavy (non-hydrogen) atoms. The molecule has 0 fully saturated rings. The fraction of sp³-hybridized carbons (Fsp3) is 0.260. The first-order valence-corrected chi connectivity index (χ1v) is 30.7. The maximum Gasteiger partial charge on any atom is 0.161 e. The normalized spacial score (nSPS) is 10.9. The van der Waals surface area contributed by atoms with Gasteiger partial charge in [0.05, 0.1) is 77.3 Å². The molecule has 0 amide bonds. The molecule has 21 heteroatoms. The van der Waals surface area contributed by atoms with Gasteiger partial charge in [-0.15, -0.1) is 0 Å². The van der Waals surface area contributed by atoms with Gasteiger partial charge in [0, 0.05) is 56.6 Å². The molecule has 0 spiro atoms. The summed E-state index contributed by atoms with van der Waals surface area (Å²) in [5, 5.41) is 21.4. The van der Waals surface area contributed by atoms with Crippen LogP contribution < -0.4 is 44.5 Å². The summed E-state index contributed by atoms with van der Waals surface area (Å²) >= 11 is 0. The second-order valence-corrected chi connectivity index (χ2v) is 21.8. The Morgan fingerprint density at radius 3 is 1.43 bits per heavy atom. The molecule has 0 saturated heterocycles. The van der Waals surface area contributed by atoms with E-state index in [0.717, 1.165) is 147 Å². The second kappa shape index (κ2) is 32.8. The number of aryl methyl sites for hydroxylation is 3. The highest BCUT2D eigenvalue weighted by Crippen LogP contribution is 2.34. The lowest BCUT2D eigenvalue weighted by Crippen LogP contribution is -2.08. The van der Waals surface area contributed by atoms with Crippen LogP contribution >= 0.6 is 0 Å². The lowest BCUT2D eigenvalue weighted by Gasteiger charge is -2.12. The minimum Gasteiger partial charge on any atom is -0.493 e. The summed E-state index contributed by atoms with van der Waals surface area (Å²) in [6.45, 7) is 14.1. The molecule has 0 radical (unpaired) electrons. The van der Waals surface area contributed by atoms with Gasteiger partial charge in [0.15, 0.2) is 40.3 Å². The van der Waals surface area contributed by atoms with Crippen molar-refractivity contribution in [1.29, 1.82) is 0 Å². The first-order chi connectivity index (χ1) is 45.9. The molecule has 4 N–H and O–H groups in total. The highest BCUT2D eigenvalue weighted by molar-refractivity contribution is 5.93. The smallest absolute Gasteiger partial charge is 0.161 e. The van der Waals surface area contributed by atoms with Crippen LogP contribution in [0.2, 0.25) is 0 Å². The van der Waals surface area contributed by atoms with Gasteiger partial charge in [-0.05, 0) is 141 Å². The zero-order valence-electron chi connectivity index (χ0n) is 55.4. The number of ether oxygens (including phenoxy) is 6. The SMILES string of the molecule is CO.COc1ccc(CCNc2ncnc3c2c(C)c(C)n3Cc2ccccn2)cc1OC.COc1ccc(CCNc2ncnc3c2cc(C)n3Cc2ccc(OC)c(OC)c2)cc1OC.Cc1c(C)n(Cc2ccccc2)c2ncnc(N/N=C/c3ccccc3)c12. The molecule has 0 atom stereocenters. The Morgan fingerprint density at radius 2 is 0.883 bits per heavy atom. The quantitative estimate of drug-likeness (QED) is 0.0345. The number of methoxy groups -OCH3 is 6. The first kappa shape index (κ1) is 67.3. The van der Waals surface area contributed by atoms with E-state index in [9.17, 15) is 0 Å². The molecule has 0 bridgehead atoms. The van der Waals surface area contributed by atoms with Gasteiger partial charge in [0.1, 0.15) is 47.6 Å². The number of hydrogen-bond acceptors (Lipinski definition) is 18. The summed E-state index contributed by atoms with van der Waals surface area (Å²) in [6.07, 6.45) is 10.1. The van der Waals surface area contributed by atoms with Gasteiger partial charge < -0.3 is 57.9 Å². The number of aromatic nitrogens is 10. The van der Waals surface area contributed by atoms with E-state index in [1.165, 1.54) is 28.1 Å². The molecule has 0 saturated carbocycles. The summed E-state index contributed by atoms with van der Waals surface area (Å²) in [5.41, 5.74) is 18.3. The highest BCUT2D eigenvalue weighted by Gasteiger charge is 2.20. The van der Waals surface area contributed by atoms with Gasteiger partial charge in [-0.25, -0.2) is 29.9 Å². The predicted molar refractivity (Wildman–Crippen MR) is 373 cm³/mol. The van der Waals surface area contributed by atoms with Crippen molar-refractivity contribution in [2.24, 2.45) is 5.10 Å². The lowest BCUT2D eigenvalue weighted by molar-refractivity contribution is 0.354. The summed E-state index contributed by atoms with van der Waals surface area (Å²) < 4.78 is 38.9. The Kier molecular flexibility index (Phi) is 23.5. The Hall–Kier alpha value is -11.1. The maximum absolute atomic E-state index is 7.00. The van der Waals surface area contributed by atoms with Crippen LogP contribution in [0.3, 0.4) is 0 Å². The Bertz CT molecular complexity index is 4460. The molecular weight excluding hydrogens is 1180 g/mol. The number of pyridine rings is 1. The number of hydrazone groups is 1. The average Bonchev–Trinajstić information content (AvgIpc) is 1.64. The first-order valence-electron chi connectivity index (χ1n) is 30.7. The number of fused-ring (bicyclic) bond motifs is 3. The Balaban J connectivity index is 0.000000165. The van der Waals surface area contributed by atoms with E-state index in [1.807, 2.05) is 109 Å². The average molecular weight is 1270 g/mol. The van der Waals surface area contributed by atoms with Crippen LogP contribution in [0, 0.1) is 34.6 Å². The van der Waals surface area contributed by atoms with E-state index in [-0.39, 0.29) is 0 Å². The maximum atomic E-state index is 7.00. The van der Waals surface area contributed by atoms with Crippen LogP contribution in [-0.2, 0) is 32.5 Å². The molecule has 0 unspecified atom stereocenters. The van der Waals surface area contributed by atoms with Gasteiger partial charge in [0.2, 0.25) is 0 Å². The molecule has 486 valence electrons. The van der Waals surface area contributed by atoms with Crippen molar-refractivity contribution >= 4 is 56.8 Å². The van der Waals surface area contributed by atoms with E-state index in [1.54, 1.807) is 67.9 Å². The fourth-order valence-corrected chi connectivity index (χ4v) is 11.1. The molecular formula is C73H82N14O7. The Morgan fingerprint density at radius 1 is 0.426 bits per heavy atom. The third-order valence-corrected chi connectivity index (χ3v) is 16.2. The molecule has 7 aromatic heterocycles. The third-order valence-electron chi connectivity index (χ3n) is 16.2. The van der Waals surface area contributed by atoms with Crippen LogP contribution in [0.1, 0.15) is 61.7 Å². The topological polar surface area (TPSA) is 229 Å². The third kappa shape index (κ3) is 16.0. The molecule has 7 heterocycles.